The molecule has 0 amide bonds. The average Bonchev–Trinajstić information content (AvgIpc) is 2.96. The van der Waals surface area contributed by atoms with Crippen molar-refractivity contribution in [3.05, 3.63) is 53.9 Å². The van der Waals surface area contributed by atoms with E-state index < -0.39 is 6.61 Å². The minimum atomic E-state index is -2.83. The Balaban J connectivity index is 2.07. The third-order valence-corrected chi connectivity index (χ3v) is 3.68. The largest absolute Gasteiger partial charge is 0.435 e. The molecule has 136 valence electrons. The molecule has 1 N–H and O–H groups in total. The first kappa shape index (κ1) is 18.8. The van der Waals surface area contributed by atoms with Gasteiger partial charge in [0.2, 0.25) is 0 Å². The van der Waals surface area contributed by atoms with E-state index in [9.17, 15) is 8.78 Å². The predicted octanol–water partition coefficient (Wildman–Crippen LogP) is 3.22. The molecule has 25 heavy (non-hydrogen) atoms. The van der Waals surface area contributed by atoms with Gasteiger partial charge >= 0.3 is 6.61 Å². The van der Waals surface area contributed by atoms with Crippen LogP contribution in [0.3, 0.4) is 0 Å². The number of halogens is 2. The van der Waals surface area contributed by atoms with Crippen molar-refractivity contribution in [1.29, 1.82) is 0 Å². The first-order chi connectivity index (χ1) is 12.0. The zero-order valence-corrected chi connectivity index (χ0v) is 14.7. The topological polar surface area (TPSA) is 41.8 Å². The maximum absolute atomic E-state index is 12.3. The molecule has 2 aromatic rings. The smallest absolute Gasteiger partial charge is 0.387 e. The molecule has 0 atom stereocenters. The van der Waals surface area contributed by atoms with E-state index in [4.69, 9.17) is 0 Å². The Bertz CT molecular complexity index is 700. The molecule has 5 nitrogen and oxygen atoms in total. The number of nitrogens with zero attached hydrogens (tertiary/aromatic N) is 3. The molecule has 1 aromatic heterocycles. The van der Waals surface area contributed by atoms with Crippen LogP contribution in [0.1, 0.15) is 18.2 Å². The van der Waals surface area contributed by atoms with E-state index in [0.29, 0.717) is 13.1 Å². The fourth-order valence-electron chi connectivity index (χ4n) is 2.43. The molecule has 0 unspecified atom stereocenters. The second-order valence-corrected chi connectivity index (χ2v) is 5.66. The van der Waals surface area contributed by atoms with Crippen molar-refractivity contribution >= 4 is 5.96 Å². The number of aryl methyl sites for hydroxylation is 1. The van der Waals surface area contributed by atoms with Crippen molar-refractivity contribution in [3.8, 4) is 5.75 Å². The summed E-state index contributed by atoms with van der Waals surface area (Å²) in [4.78, 5) is 6.62. The zero-order chi connectivity index (χ0) is 18.2. The maximum atomic E-state index is 12.3. The van der Waals surface area contributed by atoms with E-state index in [1.54, 1.807) is 12.1 Å². The molecule has 1 heterocycles. The van der Waals surface area contributed by atoms with E-state index >= 15 is 0 Å². The summed E-state index contributed by atoms with van der Waals surface area (Å²) in [5, 5.41) is 3.25. The van der Waals surface area contributed by atoms with Gasteiger partial charge in [-0.15, -0.1) is 0 Å². The molecule has 0 fully saturated rings. The Labute approximate surface area is 146 Å². The van der Waals surface area contributed by atoms with Crippen molar-refractivity contribution in [2.45, 2.75) is 26.6 Å². The molecular weight excluding hydrogens is 326 g/mol. The monoisotopic (exact) mass is 350 g/mol. The van der Waals surface area contributed by atoms with Crippen LogP contribution in [0.2, 0.25) is 0 Å². The van der Waals surface area contributed by atoms with Gasteiger partial charge in [-0.2, -0.15) is 8.78 Å². The molecule has 0 radical (unpaired) electrons. The molecule has 0 spiro atoms. The summed E-state index contributed by atoms with van der Waals surface area (Å²) < 4.78 is 31.1. The summed E-state index contributed by atoms with van der Waals surface area (Å²) in [7, 11) is 3.96. The molecule has 0 saturated heterocycles. The van der Waals surface area contributed by atoms with Crippen molar-refractivity contribution in [2.24, 2.45) is 12.0 Å². The van der Waals surface area contributed by atoms with Crippen molar-refractivity contribution in [1.82, 2.24) is 14.8 Å². The van der Waals surface area contributed by atoms with Gasteiger partial charge in [-0.25, -0.2) is 4.99 Å². The van der Waals surface area contributed by atoms with Crippen LogP contribution in [0.5, 0.6) is 5.75 Å². The molecular formula is C18H24F2N4O. The minimum absolute atomic E-state index is 0.143. The summed E-state index contributed by atoms with van der Waals surface area (Å²) in [6, 6.07) is 10.7. The Hall–Kier alpha value is -2.57. The predicted molar refractivity (Wildman–Crippen MR) is 94.8 cm³/mol. The normalized spacial score (nSPS) is 11.7. The molecule has 0 aliphatic heterocycles. The van der Waals surface area contributed by atoms with Gasteiger partial charge in [0.25, 0.3) is 0 Å². The lowest BCUT2D eigenvalue weighted by atomic mass is 10.2. The van der Waals surface area contributed by atoms with Crippen LogP contribution in [0.25, 0.3) is 0 Å². The SMILES string of the molecule is CCNC(=NCc1cccc(OC(F)F)c1)N(C)Cc1cccn1C. The average molecular weight is 350 g/mol. The first-order valence-corrected chi connectivity index (χ1v) is 8.13. The molecule has 0 bridgehead atoms. The van der Waals surface area contributed by atoms with Crippen LogP contribution in [-0.2, 0) is 20.1 Å². The lowest BCUT2D eigenvalue weighted by Gasteiger charge is -2.22. The summed E-state index contributed by atoms with van der Waals surface area (Å²) in [5.41, 5.74) is 1.97. The number of benzene rings is 1. The minimum Gasteiger partial charge on any atom is -0.435 e. The number of hydrogen-bond acceptors (Lipinski definition) is 2. The van der Waals surface area contributed by atoms with Crippen LogP contribution in [-0.4, -0.2) is 35.6 Å². The molecule has 7 heteroatoms. The van der Waals surface area contributed by atoms with Crippen LogP contribution in [0.15, 0.2) is 47.6 Å². The Kier molecular flexibility index (Phi) is 6.80. The van der Waals surface area contributed by atoms with Gasteiger partial charge in [-0.05, 0) is 36.8 Å². The third kappa shape index (κ3) is 5.77. The van der Waals surface area contributed by atoms with Crippen LogP contribution >= 0.6 is 0 Å². The van der Waals surface area contributed by atoms with Crippen molar-refractivity contribution < 1.29 is 13.5 Å². The molecule has 0 aliphatic carbocycles. The van der Waals surface area contributed by atoms with E-state index in [1.165, 1.54) is 11.8 Å². The fourth-order valence-corrected chi connectivity index (χ4v) is 2.43. The summed E-state index contributed by atoms with van der Waals surface area (Å²) in [6.45, 7) is 1.00. The number of aliphatic imine (C=N–C) groups is 1. The lowest BCUT2D eigenvalue weighted by Crippen LogP contribution is -2.38. The van der Waals surface area contributed by atoms with Crippen molar-refractivity contribution in [2.75, 3.05) is 13.6 Å². The highest BCUT2D eigenvalue weighted by atomic mass is 19.3. The maximum Gasteiger partial charge on any atom is 0.387 e. The fraction of sp³-hybridized carbons (Fsp3) is 0.389. The summed E-state index contributed by atoms with van der Waals surface area (Å²) in [5.74, 6) is 0.897. The first-order valence-electron chi connectivity index (χ1n) is 8.13. The Morgan fingerprint density at radius 2 is 2.12 bits per heavy atom. The van der Waals surface area contributed by atoms with Crippen LogP contribution < -0.4 is 10.1 Å². The quantitative estimate of drug-likeness (QED) is 0.616. The van der Waals surface area contributed by atoms with Gasteiger partial charge in [0.1, 0.15) is 5.75 Å². The summed E-state index contributed by atoms with van der Waals surface area (Å²) in [6.07, 6.45) is 2.00. The second kappa shape index (κ2) is 9.05. The number of hydrogen-bond donors (Lipinski definition) is 1. The van der Waals surface area contributed by atoms with E-state index in [0.717, 1.165) is 18.1 Å². The second-order valence-electron chi connectivity index (χ2n) is 5.66. The highest BCUT2D eigenvalue weighted by Crippen LogP contribution is 2.16. The van der Waals surface area contributed by atoms with Gasteiger partial charge in [0.15, 0.2) is 5.96 Å². The van der Waals surface area contributed by atoms with E-state index in [1.807, 2.05) is 44.2 Å². The standard InChI is InChI=1S/C18H24F2N4O/c1-4-21-18(24(3)13-15-8-6-10-23(15)2)22-12-14-7-5-9-16(11-14)25-17(19)20/h5-11,17H,4,12-13H2,1-3H3,(H,21,22). The molecule has 0 aliphatic rings. The number of rotatable bonds is 7. The number of aromatic nitrogens is 1. The van der Waals surface area contributed by atoms with Gasteiger partial charge in [-0.1, -0.05) is 12.1 Å². The van der Waals surface area contributed by atoms with Gasteiger partial charge in [0, 0.05) is 32.5 Å². The number of alkyl halides is 2. The lowest BCUT2D eigenvalue weighted by molar-refractivity contribution is -0.0498. The number of nitrogens with one attached hydrogen (secondary N) is 1. The van der Waals surface area contributed by atoms with Gasteiger partial charge < -0.3 is 19.5 Å². The van der Waals surface area contributed by atoms with Gasteiger partial charge in [-0.3, -0.25) is 0 Å². The van der Waals surface area contributed by atoms with Crippen LogP contribution in [0.4, 0.5) is 8.78 Å². The number of guanidine groups is 1. The molecule has 2 rings (SSSR count). The van der Waals surface area contributed by atoms with Gasteiger partial charge in [0.05, 0.1) is 13.1 Å². The molecule has 0 saturated carbocycles. The van der Waals surface area contributed by atoms with E-state index in [-0.39, 0.29) is 5.75 Å². The summed E-state index contributed by atoms with van der Waals surface area (Å²) >= 11 is 0. The highest BCUT2D eigenvalue weighted by molar-refractivity contribution is 5.79. The Morgan fingerprint density at radius 3 is 2.76 bits per heavy atom. The Morgan fingerprint density at radius 1 is 1.32 bits per heavy atom. The highest BCUT2D eigenvalue weighted by Gasteiger charge is 2.09. The molecule has 1 aromatic carbocycles. The zero-order valence-electron chi connectivity index (χ0n) is 14.7. The number of ether oxygens (including phenoxy) is 1. The van der Waals surface area contributed by atoms with E-state index in [2.05, 4.69) is 25.7 Å². The third-order valence-electron chi connectivity index (χ3n) is 3.68. The van der Waals surface area contributed by atoms with Crippen LogP contribution in [0, 0.1) is 0 Å². The van der Waals surface area contributed by atoms with Crippen molar-refractivity contribution in [3.63, 3.8) is 0 Å².